The van der Waals surface area contributed by atoms with E-state index in [1.54, 1.807) is 0 Å². The van der Waals surface area contributed by atoms with Crippen molar-refractivity contribution in [2.45, 2.75) is 24.5 Å². The van der Waals surface area contributed by atoms with Crippen LogP contribution < -0.4 is 11.4 Å². The maximum atomic E-state index is 12.3. The van der Waals surface area contributed by atoms with Gasteiger partial charge in [-0.1, -0.05) is 0 Å². The molecule has 1 aliphatic heterocycles. The lowest BCUT2D eigenvalue weighted by Gasteiger charge is -2.24. The molecule has 26 nitrogen and oxygen atoms in total. The number of aromatic nitrogens is 2. The summed E-state index contributed by atoms with van der Waals surface area (Å²) in [6.07, 6.45) is -7.98. The van der Waals surface area contributed by atoms with Gasteiger partial charge in [-0.05, 0) is 6.07 Å². The average molecular weight is 723 g/mol. The van der Waals surface area contributed by atoms with E-state index >= 15 is 0 Å². The van der Waals surface area contributed by atoms with Crippen LogP contribution in [0.5, 0.6) is 0 Å². The van der Waals surface area contributed by atoms with Crippen LogP contribution in [0.4, 0.5) is 5.82 Å². The predicted octanol–water partition coefficient (Wildman–Crippen LogP) is -1.86. The number of nitrogen functional groups attached to an aromatic ring is 1. The van der Waals surface area contributed by atoms with Crippen molar-refractivity contribution in [2.24, 2.45) is 0 Å². The summed E-state index contributed by atoms with van der Waals surface area (Å²) in [4.78, 5) is 87.7. The highest BCUT2D eigenvalue weighted by molar-refractivity contribution is 7.67. The molecule has 11 N–H and O–H groups in total. The first-order chi connectivity index (χ1) is 18.2. The Kier molecular flexibility index (Phi) is 11.4. The largest absolute Gasteiger partial charge is 0.490 e. The van der Waals surface area contributed by atoms with Crippen molar-refractivity contribution in [3.05, 3.63) is 22.7 Å². The Morgan fingerprint density at radius 3 is 1.78 bits per heavy atom. The van der Waals surface area contributed by atoms with E-state index in [4.69, 9.17) is 30.0 Å². The molecule has 0 bridgehead atoms. The number of hydrogen-bond acceptors (Lipinski definition) is 17. The zero-order chi connectivity index (χ0) is 31.8. The monoisotopic (exact) mass is 723 g/mol. The van der Waals surface area contributed by atoms with Gasteiger partial charge in [0.05, 0.1) is 6.61 Å². The van der Waals surface area contributed by atoms with Gasteiger partial charge in [0, 0.05) is 6.20 Å². The third kappa shape index (κ3) is 12.1. The molecule has 1 aliphatic rings. The fourth-order valence-electron chi connectivity index (χ4n) is 2.76. The molecule has 0 radical (unpaired) electrons. The van der Waals surface area contributed by atoms with Gasteiger partial charge in [0.1, 0.15) is 24.1 Å². The van der Waals surface area contributed by atoms with E-state index < -0.39 is 83.8 Å². The minimum absolute atomic E-state index is 0.326. The molecule has 2 heterocycles. The van der Waals surface area contributed by atoms with Crippen LogP contribution in [0.15, 0.2) is 17.1 Å². The molecule has 0 amide bonds. The predicted molar refractivity (Wildman–Crippen MR) is 121 cm³/mol. The Hall–Kier alpha value is -0.580. The van der Waals surface area contributed by atoms with Gasteiger partial charge in [-0.25, -0.2) is 32.2 Å². The van der Waals surface area contributed by atoms with Crippen molar-refractivity contribution in [1.29, 1.82) is 0 Å². The van der Waals surface area contributed by atoms with Gasteiger partial charge in [-0.3, -0.25) is 13.6 Å². The first-order valence-electron chi connectivity index (χ1n) is 9.49. The lowest BCUT2D eigenvalue weighted by molar-refractivity contribution is -0.0539. The van der Waals surface area contributed by atoms with Gasteiger partial charge in [0.15, 0.2) is 6.23 Å². The molecule has 0 spiro atoms. The molecule has 238 valence electrons. The van der Waals surface area contributed by atoms with E-state index in [9.17, 15) is 56.9 Å². The van der Waals surface area contributed by atoms with Crippen molar-refractivity contribution in [2.75, 3.05) is 12.3 Å². The summed E-state index contributed by atoms with van der Waals surface area (Å²) >= 11 is 0. The Bertz CT molecular complexity index is 1460. The first-order valence-corrected chi connectivity index (χ1v) is 18.5. The third-order valence-electron chi connectivity index (χ3n) is 3.92. The summed E-state index contributed by atoms with van der Waals surface area (Å²) in [6.45, 7) is -1.48. The van der Waals surface area contributed by atoms with Crippen LogP contribution in [-0.2, 0) is 58.4 Å². The van der Waals surface area contributed by atoms with Gasteiger partial charge >= 0.3 is 52.6 Å². The second-order valence-corrected chi connectivity index (χ2v) is 15.9. The molecule has 1 aromatic heterocycles. The summed E-state index contributed by atoms with van der Waals surface area (Å²) < 4.78 is 97.4. The Balaban J connectivity index is 2.34. The third-order valence-corrected chi connectivity index (χ3v) is 11.6. The summed E-state index contributed by atoms with van der Waals surface area (Å²) in [6, 6.07) is 0.994. The molecule has 0 aliphatic carbocycles. The lowest BCUT2D eigenvalue weighted by Crippen LogP contribution is -2.37. The summed E-state index contributed by atoms with van der Waals surface area (Å²) in [7, 11) is -35.5. The highest BCUT2D eigenvalue weighted by atomic mass is 31.3. The van der Waals surface area contributed by atoms with E-state index in [2.05, 4.69) is 31.3 Å². The lowest BCUT2D eigenvalue weighted by atomic mass is 10.1. The van der Waals surface area contributed by atoms with Crippen LogP contribution in [-0.4, -0.2) is 78.7 Å². The second kappa shape index (κ2) is 12.8. The molecule has 8 atom stereocenters. The number of aliphatic hydroxyl groups is 1. The molecule has 1 saturated heterocycles. The number of anilines is 1. The quantitative estimate of drug-likeness (QED) is 0.0940. The van der Waals surface area contributed by atoms with Crippen molar-refractivity contribution >= 4 is 52.8 Å². The Labute approximate surface area is 225 Å². The van der Waals surface area contributed by atoms with E-state index in [1.165, 1.54) is 0 Å². The van der Waals surface area contributed by atoms with E-state index in [0.29, 0.717) is 4.57 Å². The van der Waals surface area contributed by atoms with Crippen LogP contribution in [0.1, 0.15) is 6.23 Å². The van der Waals surface area contributed by atoms with Gasteiger partial charge in [0.2, 0.25) is 0 Å². The van der Waals surface area contributed by atoms with E-state index in [0.717, 1.165) is 12.3 Å². The second-order valence-electron chi connectivity index (χ2n) is 7.15. The molecule has 32 heteroatoms. The van der Waals surface area contributed by atoms with Gasteiger partial charge in [0.25, 0.3) is 0 Å². The van der Waals surface area contributed by atoms with Gasteiger partial charge < -0.3 is 54.7 Å². The summed E-state index contributed by atoms with van der Waals surface area (Å²) in [5.74, 6) is -0.326. The van der Waals surface area contributed by atoms with Crippen LogP contribution in [0.3, 0.4) is 0 Å². The zero-order valence-corrected chi connectivity index (χ0v) is 24.4. The number of phosphoric acid groups is 6. The maximum absolute atomic E-state index is 12.3. The minimum atomic E-state index is -6.08. The minimum Gasteiger partial charge on any atom is -0.386 e. The Morgan fingerprint density at radius 1 is 0.829 bits per heavy atom. The number of aliphatic hydroxyl groups excluding tert-OH is 1. The number of nitrogens with zero attached hydrogens (tertiary/aromatic N) is 2. The molecule has 0 aromatic carbocycles. The number of rotatable bonds is 14. The molecule has 4 unspecified atom stereocenters. The average Bonchev–Trinajstić information content (AvgIpc) is 2.96. The van der Waals surface area contributed by atoms with Crippen LogP contribution in [0, 0.1) is 0 Å². The van der Waals surface area contributed by atoms with Crippen molar-refractivity contribution < 1.29 is 103 Å². The van der Waals surface area contributed by atoms with Crippen molar-refractivity contribution in [1.82, 2.24) is 9.55 Å². The number of ether oxygens (including phenoxy) is 1. The van der Waals surface area contributed by atoms with Crippen molar-refractivity contribution in [3.63, 3.8) is 0 Å². The van der Waals surface area contributed by atoms with E-state index in [1.807, 2.05) is 0 Å². The standard InChI is InChI=1S/C9H19N3O23P6/c10-5-1-2-12(9(14)11-5)8-6(13)7(31-39(23,24)35-41(27,28)33-37(18,19)20)4(30-8)3-29-38(21,22)34-40(25,26)32-36(15,16)17/h1-2,4,6-8,13H,3H2,(H,21,22)(H,23,24)(H,25,26)(H,27,28)(H2,10,11,14)(H2,15,16,17)(H2,18,19,20)/t4-,6-,7-,8-/m1/s1. The number of phosphoric ester groups is 2. The van der Waals surface area contributed by atoms with Crippen LogP contribution in [0.2, 0.25) is 0 Å². The highest BCUT2D eigenvalue weighted by Gasteiger charge is 2.52. The van der Waals surface area contributed by atoms with Gasteiger partial charge in [-0.2, -0.15) is 22.2 Å². The molecule has 0 saturated carbocycles. The molecule has 2 rings (SSSR count). The highest BCUT2D eigenvalue weighted by Crippen LogP contribution is 2.68. The maximum Gasteiger partial charge on any atom is 0.490 e. The number of nitrogens with two attached hydrogens (primary N) is 1. The van der Waals surface area contributed by atoms with Crippen LogP contribution in [0.25, 0.3) is 0 Å². The van der Waals surface area contributed by atoms with Crippen molar-refractivity contribution in [3.8, 4) is 0 Å². The smallest absolute Gasteiger partial charge is 0.386 e. The molecule has 1 fully saturated rings. The molecular weight excluding hydrogens is 704 g/mol. The SMILES string of the molecule is Nc1ccn([C@@H]2O[C@H](COP(=O)(O)OP(=O)(O)OP(=O)(O)O)[C@@H](OP(=O)(O)OP(=O)(O)OP(=O)(O)O)[C@H]2O)c(=O)n1. The fourth-order valence-corrected chi connectivity index (χ4v) is 9.01. The number of hydrogen-bond donors (Lipinski definition) is 10. The van der Waals surface area contributed by atoms with E-state index in [-0.39, 0.29) is 5.82 Å². The molecular formula is C9H19N3O23P6. The molecule has 41 heavy (non-hydrogen) atoms. The topological polar surface area (TPSA) is 410 Å². The molecule has 1 aromatic rings. The Morgan fingerprint density at radius 2 is 1.32 bits per heavy atom. The normalized spacial score (nSPS) is 27.8. The first kappa shape index (κ1) is 36.6. The summed E-state index contributed by atoms with van der Waals surface area (Å²) in [5.41, 5.74) is 4.11. The van der Waals surface area contributed by atoms with Gasteiger partial charge in [-0.15, -0.1) is 0 Å². The fraction of sp³-hybridized carbons (Fsp3) is 0.556. The zero-order valence-electron chi connectivity index (χ0n) is 19.1. The van der Waals surface area contributed by atoms with Crippen LogP contribution >= 0.6 is 46.9 Å². The summed E-state index contributed by atoms with van der Waals surface area (Å²) in [5, 5.41) is 10.6.